The lowest BCUT2D eigenvalue weighted by molar-refractivity contribution is -0.140. The monoisotopic (exact) mass is 707 g/mol. The van der Waals surface area contributed by atoms with Gasteiger partial charge in [-0.25, -0.2) is 8.42 Å². The van der Waals surface area contributed by atoms with Crippen molar-refractivity contribution in [3.63, 3.8) is 0 Å². The van der Waals surface area contributed by atoms with Gasteiger partial charge in [0.15, 0.2) is 0 Å². The molecular formula is C37H39Cl2N3O5S. The number of aryl methyl sites for hydroxylation is 1. The van der Waals surface area contributed by atoms with Gasteiger partial charge in [0, 0.05) is 24.0 Å². The zero-order valence-corrected chi connectivity index (χ0v) is 29.3. The van der Waals surface area contributed by atoms with Crippen LogP contribution < -0.4 is 14.4 Å². The van der Waals surface area contributed by atoms with Crippen LogP contribution >= 0.6 is 23.2 Å². The highest BCUT2D eigenvalue weighted by Gasteiger charge is 2.35. The smallest absolute Gasteiger partial charge is 0.264 e. The molecule has 0 radical (unpaired) electrons. The lowest BCUT2D eigenvalue weighted by Gasteiger charge is -2.34. The first-order valence-electron chi connectivity index (χ1n) is 15.9. The van der Waals surface area contributed by atoms with E-state index in [1.807, 2.05) is 37.3 Å². The minimum Gasteiger partial charge on any atom is -0.495 e. The average molecular weight is 709 g/mol. The Balaban J connectivity index is 1.58. The average Bonchev–Trinajstić information content (AvgIpc) is 3.59. The molecule has 0 aliphatic heterocycles. The molecule has 0 bridgehead atoms. The summed E-state index contributed by atoms with van der Waals surface area (Å²) >= 11 is 12.6. The largest absolute Gasteiger partial charge is 0.495 e. The highest BCUT2D eigenvalue weighted by Crippen LogP contribution is 2.32. The molecule has 1 aliphatic carbocycles. The van der Waals surface area contributed by atoms with Crippen LogP contribution in [0.3, 0.4) is 0 Å². The number of hydrogen-bond donors (Lipinski definition) is 1. The van der Waals surface area contributed by atoms with Gasteiger partial charge in [-0.2, -0.15) is 0 Å². The highest BCUT2D eigenvalue weighted by molar-refractivity contribution is 7.92. The van der Waals surface area contributed by atoms with Gasteiger partial charge in [0.2, 0.25) is 11.8 Å². The summed E-state index contributed by atoms with van der Waals surface area (Å²) in [4.78, 5) is 30.3. The molecule has 5 rings (SSSR count). The van der Waals surface area contributed by atoms with Crippen LogP contribution in [0.4, 0.5) is 5.69 Å². The summed E-state index contributed by atoms with van der Waals surface area (Å²) in [6, 6.07) is 26.6. The predicted molar refractivity (Wildman–Crippen MR) is 190 cm³/mol. The van der Waals surface area contributed by atoms with E-state index in [1.54, 1.807) is 48.5 Å². The number of anilines is 1. The number of nitrogens with zero attached hydrogens (tertiary/aromatic N) is 2. The molecule has 48 heavy (non-hydrogen) atoms. The lowest BCUT2D eigenvalue weighted by Crippen LogP contribution is -2.54. The Morgan fingerprint density at radius 2 is 1.56 bits per heavy atom. The summed E-state index contributed by atoms with van der Waals surface area (Å²) in [6.45, 7) is 1.32. The predicted octanol–water partition coefficient (Wildman–Crippen LogP) is 7.20. The first-order valence-corrected chi connectivity index (χ1v) is 18.1. The van der Waals surface area contributed by atoms with Gasteiger partial charge in [-0.05, 0) is 73.4 Å². The number of rotatable bonds is 13. The number of nitrogens with one attached hydrogen (secondary N) is 1. The van der Waals surface area contributed by atoms with Crippen molar-refractivity contribution in [3.8, 4) is 5.75 Å². The van der Waals surface area contributed by atoms with E-state index < -0.39 is 28.5 Å². The van der Waals surface area contributed by atoms with Crippen LogP contribution in [0.25, 0.3) is 0 Å². The number of hydrogen-bond acceptors (Lipinski definition) is 5. The second-order valence-electron chi connectivity index (χ2n) is 12.0. The topological polar surface area (TPSA) is 96.0 Å². The highest BCUT2D eigenvalue weighted by atomic mass is 35.5. The van der Waals surface area contributed by atoms with E-state index in [1.165, 1.54) is 30.2 Å². The van der Waals surface area contributed by atoms with Crippen LogP contribution in [0.15, 0.2) is 102 Å². The van der Waals surface area contributed by atoms with Crippen molar-refractivity contribution < 1.29 is 22.7 Å². The SMILES string of the molecule is COc1ccc(N(CC(=O)N(Cc2ccc(Cl)cc2)C(Cc2ccccc2)C(=O)NC2CCCC2)S(=O)(=O)c2ccc(C)cc2)cc1Cl. The Morgan fingerprint density at radius 3 is 2.19 bits per heavy atom. The van der Waals surface area contributed by atoms with Gasteiger partial charge in [-0.15, -0.1) is 0 Å². The van der Waals surface area contributed by atoms with Gasteiger partial charge in [0.1, 0.15) is 18.3 Å². The molecule has 1 aliphatic rings. The molecule has 252 valence electrons. The van der Waals surface area contributed by atoms with Gasteiger partial charge in [0.05, 0.1) is 22.7 Å². The molecule has 8 nitrogen and oxygen atoms in total. The van der Waals surface area contributed by atoms with Crippen molar-refractivity contribution in [2.75, 3.05) is 18.0 Å². The number of methoxy groups -OCH3 is 1. The Morgan fingerprint density at radius 1 is 0.896 bits per heavy atom. The number of carbonyl (C=O) groups is 2. The van der Waals surface area contributed by atoms with Gasteiger partial charge < -0.3 is 15.0 Å². The van der Waals surface area contributed by atoms with Crippen molar-refractivity contribution in [3.05, 3.63) is 124 Å². The first-order chi connectivity index (χ1) is 23.0. The van der Waals surface area contributed by atoms with Crippen LogP contribution in [0.1, 0.15) is 42.4 Å². The molecule has 0 saturated heterocycles. The molecule has 0 aromatic heterocycles. The van der Waals surface area contributed by atoms with E-state index in [9.17, 15) is 18.0 Å². The van der Waals surface area contributed by atoms with Crippen molar-refractivity contribution in [2.45, 2.75) is 62.6 Å². The Bertz CT molecular complexity index is 1810. The van der Waals surface area contributed by atoms with E-state index in [0.717, 1.165) is 46.7 Å². The second kappa shape index (κ2) is 15.9. The van der Waals surface area contributed by atoms with Gasteiger partial charge in [-0.3, -0.25) is 13.9 Å². The quantitative estimate of drug-likeness (QED) is 0.159. The third-order valence-electron chi connectivity index (χ3n) is 8.55. The fraction of sp³-hybridized carbons (Fsp3) is 0.297. The fourth-order valence-corrected chi connectivity index (χ4v) is 7.67. The number of carbonyl (C=O) groups excluding carboxylic acids is 2. The van der Waals surface area contributed by atoms with Gasteiger partial charge >= 0.3 is 0 Å². The zero-order valence-electron chi connectivity index (χ0n) is 26.9. The molecule has 1 saturated carbocycles. The standard InChI is InChI=1S/C37H39Cl2N3O5S/c1-26-12-19-32(20-13-26)48(45,46)42(31-18-21-35(47-2)33(39)23-31)25-36(43)41(24-28-14-16-29(38)17-15-28)34(22-27-8-4-3-5-9-27)37(44)40-30-10-6-7-11-30/h3-5,8-9,12-21,23,30,34H,6-7,10-11,22,24-25H2,1-2H3,(H,40,44). The number of amides is 2. The first kappa shape index (κ1) is 35.3. The third kappa shape index (κ3) is 8.69. The van der Waals surface area contributed by atoms with Crippen molar-refractivity contribution in [2.24, 2.45) is 0 Å². The van der Waals surface area contributed by atoms with Crippen LogP contribution in [0, 0.1) is 6.92 Å². The van der Waals surface area contributed by atoms with E-state index in [4.69, 9.17) is 27.9 Å². The summed E-state index contributed by atoms with van der Waals surface area (Å²) in [5.41, 5.74) is 2.66. The third-order valence-corrected chi connectivity index (χ3v) is 10.9. The summed E-state index contributed by atoms with van der Waals surface area (Å²) in [5.74, 6) is -0.487. The molecule has 0 spiro atoms. The van der Waals surface area contributed by atoms with Gasteiger partial charge in [0.25, 0.3) is 10.0 Å². The molecule has 1 fully saturated rings. The van der Waals surface area contributed by atoms with E-state index >= 15 is 0 Å². The number of sulfonamides is 1. The lowest BCUT2D eigenvalue weighted by atomic mass is 10.0. The molecule has 4 aromatic rings. The molecule has 1 N–H and O–H groups in total. The van der Waals surface area contributed by atoms with Crippen molar-refractivity contribution in [1.82, 2.24) is 10.2 Å². The fourth-order valence-electron chi connectivity index (χ4n) is 5.88. The molecule has 1 unspecified atom stereocenters. The minimum absolute atomic E-state index is 0.0110. The Labute approximate surface area is 292 Å². The van der Waals surface area contributed by atoms with E-state index in [-0.39, 0.29) is 40.5 Å². The molecular weight excluding hydrogens is 669 g/mol. The number of benzene rings is 4. The second-order valence-corrected chi connectivity index (χ2v) is 14.7. The van der Waals surface area contributed by atoms with Gasteiger partial charge in [-0.1, -0.05) is 96.2 Å². The van der Waals surface area contributed by atoms with Crippen LogP contribution in [-0.4, -0.2) is 50.9 Å². The number of ether oxygens (including phenoxy) is 1. The summed E-state index contributed by atoms with van der Waals surface area (Å²) in [6.07, 6.45) is 4.03. The van der Waals surface area contributed by atoms with Crippen molar-refractivity contribution >= 4 is 50.7 Å². The molecule has 4 aromatic carbocycles. The van der Waals surface area contributed by atoms with E-state index in [2.05, 4.69) is 5.32 Å². The molecule has 2 amide bonds. The minimum atomic E-state index is -4.27. The van der Waals surface area contributed by atoms with Crippen molar-refractivity contribution in [1.29, 1.82) is 0 Å². The normalized spacial score (nSPS) is 13.9. The van der Waals surface area contributed by atoms with E-state index in [0.29, 0.717) is 10.8 Å². The molecule has 1 atom stereocenters. The molecule has 0 heterocycles. The summed E-state index contributed by atoms with van der Waals surface area (Å²) in [7, 11) is -2.81. The zero-order chi connectivity index (χ0) is 34.3. The maximum atomic E-state index is 14.7. The van der Waals surface area contributed by atoms with Crippen LogP contribution in [0.5, 0.6) is 5.75 Å². The van der Waals surface area contributed by atoms with Crippen LogP contribution in [0.2, 0.25) is 10.0 Å². The van der Waals surface area contributed by atoms with Crippen LogP contribution in [-0.2, 0) is 32.6 Å². The Kier molecular flexibility index (Phi) is 11.7. The maximum absolute atomic E-state index is 14.7. The maximum Gasteiger partial charge on any atom is 0.264 e. The summed E-state index contributed by atoms with van der Waals surface area (Å²) in [5, 5.41) is 3.89. The number of halogens is 2. The summed E-state index contributed by atoms with van der Waals surface area (Å²) < 4.78 is 34.9. The Hall–Kier alpha value is -4.05. The molecule has 11 heteroatoms.